The van der Waals surface area contributed by atoms with Crippen LogP contribution in [0.2, 0.25) is 0 Å². The molecule has 0 aliphatic carbocycles. The largest absolute Gasteiger partial charge is 0.431 e. The summed E-state index contributed by atoms with van der Waals surface area (Å²) in [5, 5.41) is 3.06. The topological polar surface area (TPSA) is 71.3 Å². The van der Waals surface area contributed by atoms with Gasteiger partial charge in [-0.2, -0.15) is 4.39 Å². The van der Waals surface area contributed by atoms with Crippen molar-refractivity contribution >= 4 is 5.91 Å². The number of rotatable bonds is 3. The number of aromatic nitrogens is 2. The first-order valence-corrected chi connectivity index (χ1v) is 8.25. The van der Waals surface area contributed by atoms with Gasteiger partial charge in [0.25, 0.3) is 5.89 Å². The van der Waals surface area contributed by atoms with E-state index in [9.17, 15) is 9.18 Å². The Morgan fingerprint density at radius 2 is 2.17 bits per heavy atom. The third-order valence-electron chi connectivity index (χ3n) is 5.14. The molecule has 0 unspecified atom stereocenters. The van der Waals surface area contributed by atoms with E-state index >= 15 is 0 Å². The summed E-state index contributed by atoms with van der Waals surface area (Å²) in [6, 6.07) is 4.83. The van der Waals surface area contributed by atoms with Gasteiger partial charge >= 0.3 is 5.91 Å². The molecule has 126 valence electrons. The van der Waals surface area contributed by atoms with E-state index in [0.717, 1.165) is 25.9 Å². The van der Waals surface area contributed by atoms with Gasteiger partial charge in [-0.1, -0.05) is 6.07 Å². The lowest BCUT2D eigenvalue weighted by Gasteiger charge is -2.49. The Kier molecular flexibility index (Phi) is 3.80. The van der Waals surface area contributed by atoms with E-state index in [1.807, 2.05) is 0 Å². The Bertz CT molecular complexity index is 753. The van der Waals surface area contributed by atoms with Crippen LogP contribution in [-0.2, 0) is 0 Å². The minimum absolute atomic E-state index is 0.0142. The highest BCUT2D eigenvalue weighted by Crippen LogP contribution is 2.32. The number of carbonyl (C=O) groups excluding carboxylic acids is 1. The molecule has 2 aromatic rings. The lowest BCUT2D eigenvalue weighted by Crippen LogP contribution is -2.62. The molecule has 5 heterocycles. The minimum Gasteiger partial charge on any atom is -0.431 e. The number of hydrogen-bond donors (Lipinski definition) is 1. The first-order chi connectivity index (χ1) is 11.6. The second-order valence-electron chi connectivity index (χ2n) is 6.49. The molecule has 0 aromatic carbocycles. The molecular formula is C17H19FN4O2. The molecule has 2 aromatic heterocycles. The molecular weight excluding hydrogens is 311 g/mol. The smallest absolute Gasteiger partial charge is 0.307 e. The quantitative estimate of drug-likeness (QED) is 0.873. The van der Waals surface area contributed by atoms with E-state index in [2.05, 4.69) is 27.1 Å². The summed E-state index contributed by atoms with van der Waals surface area (Å²) >= 11 is 0. The number of hydrogen-bond acceptors (Lipinski definition) is 5. The first-order valence-electron chi connectivity index (χ1n) is 8.25. The van der Waals surface area contributed by atoms with Gasteiger partial charge in [0.1, 0.15) is 5.69 Å². The average Bonchev–Trinajstić information content (AvgIpc) is 3.09. The summed E-state index contributed by atoms with van der Waals surface area (Å²) in [5.74, 6) is -0.158. The van der Waals surface area contributed by atoms with Crippen LogP contribution in [0.4, 0.5) is 4.39 Å². The van der Waals surface area contributed by atoms with Crippen LogP contribution in [0.15, 0.2) is 28.8 Å². The predicted molar refractivity (Wildman–Crippen MR) is 84.7 cm³/mol. The van der Waals surface area contributed by atoms with Crippen LogP contribution >= 0.6 is 0 Å². The van der Waals surface area contributed by atoms with Crippen LogP contribution in [0.25, 0.3) is 11.5 Å². The number of nitrogens with zero attached hydrogens (tertiary/aromatic N) is 3. The maximum atomic E-state index is 13.2. The minimum atomic E-state index is -0.601. The monoisotopic (exact) mass is 330 g/mol. The summed E-state index contributed by atoms with van der Waals surface area (Å²) in [7, 11) is 0. The average molecular weight is 330 g/mol. The molecule has 3 aliphatic rings. The molecule has 2 atom stereocenters. The molecule has 1 amide bonds. The van der Waals surface area contributed by atoms with E-state index in [1.54, 1.807) is 6.07 Å². The molecule has 7 heteroatoms. The number of halogens is 1. The molecule has 6 nitrogen and oxygen atoms in total. The number of pyridine rings is 1. The zero-order valence-electron chi connectivity index (χ0n) is 13.4. The second kappa shape index (κ2) is 5.98. The van der Waals surface area contributed by atoms with E-state index < -0.39 is 5.95 Å². The number of amides is 1. The van der Waals surface area contributed by atoms with Crippen molar-refractivity contribution < 1.29 is 13.6 Å². The van der Waals surface area contributed by atoms with Crippen molar-refractivity contribution in [2.24, 2.45) is 5.92 Å². The van der Waals surface area contributed by atoms with Gasteiger partial charge in [0, 0.05) is 12.1 Å². The van der Waals surface area contributed by atoms with Crippen LogP contribution in [0.1, 0.15) is 30.5 Å². The van der Waals surface area contributed by atoms with Crippen LogP contribution < -0.4 is 5.32 Å². The predicted octanol–water partition coefficient (Wildman–Crippen LogP) is 2.09. The maximum Gasteiger partial charge on any atom is 0.307 e. The summed E-state index contributed by atoms with van der Waals surface area (Å²) in [6.07, 6.45) is 3.62. The van der Waals surface area contributed by atoms with Crippen LogP contribution in [0, 0.1) is 11.9 Å². The highest BCUT2D eigenvalue weighted by molar-refractivity contribution is 5.90. The summed E-state index contributed by atoms with van der Waals surface area (Å²) in [6.45, 7) is 4.35. The fourth-order valence-electron chi connectivity index (χ4n) is 3.80. The lowest BCUT2D eigenvalue weighted by molar-refractivity contribution is 0.0210. The van der Waals surface area contributed by atoms with Gasteiger partial charge in [-0.15, -0.1) is 0 Å². The first kappa shape index (κ1) is 15.3. The zero-order valence-corrected chi connectivity index (χ0v) is 13.4. The number of nitrogens with one attached hydrogen (secondary N) is 1. The molecule has 2 bridgehead atoms. The Hall–Kier alpha value is -2.28. The van der Waals surface area contributed by atoms with E-state index in [0.29, 0.717) is 17.7 Å². The van der Waals surface area contributed by atoms with E-state index in [-0.39, 0.29) is 23.6 Å². The van der Waals surface area contributed by atoms with E-state index in [1.165, 1.54) is 18.3 Å². The fourth-order valence-corrected chi connectivity index (χ4v) is 3.80. The number of piperidine rings is 3. The fraction of sp³-hybridized carbons (Fsp3) is 0.471. The molecule has 1 N–H and O–H groups in total. The Morgan fingerprint density at radius 3 is 2.88 bits per heavy atom. The van der Waals surface area contributed by atoms with Gasteiger partial charge in [0.05, 0.1) is 6.20 Å². The molecule has 0 spiro atoms. The Morgan fingerprint density at radius 1 is 1.38 bits per heavy atom. The van der Waals surface area contributed by atoms with Crippen LogP contribution in [0.5, 0.6) is 0 Å². The normalized spacial score (nSPS) is 28.8. The number of fused-ring (bicyclic) bond motifs is 3. The van der Waals surface area contributed by atoms with Gasteiger partial charge in [0.2, 0.25) is 5.95 Å². The van der Waals surface area contributed by atoms with Crippen LogP contribution in [0.3, 0.4) is 0 Å². The zero-order chi connectivity index (χ0) is 16.7. The molecule has 3 saturated heterocycles. The molecule has 0 saturated carbocycles. The van der Waals surface area contributed by atoms with Crippen molar-refractivity contribution in [2.75, 3.05) is 13.1 Å². The van der Waals surface area contributed by atoms with Gasteiger partial charge in [-0.05, 0) is 50.9 Å². The van der Waals surface area contributed by atoms with Crippen molar-refractivity contribution in [3.63, 3.8) is 0 Å². The van der Waals surface area contributed by atoms with E-state index in [4.69, 9.17) is 4.42 Å². The van der Waals surface area contributed by atoms with Gasteiger partial charge in [-0.3, -0.25) is 9.69 Å². The molecule has 3 fully saturated rings. The maximum absolute atomic E-state index is 13.2. The lowest BCUT2D eigenvalue weighted by atomic mass is 9.79. The summed E-state index contributed by atoms with van der Waals surface area (Å²) in [4.78, 5) is 22.6. The van der Waals surface area contributed by atoms with Gasteiger partial charge < -0.3 is 9.73 Å². The standard InChI is InChI=1S/C17H19FN4O2/c1-10-15(11-5-7-22(10)8-6-11)21-16(23)17-19-9-13(24-17)12-3-2-4-14(18)20-12/h2-4,9-11,15H,5-8H2,1H3,(H,21,23)/t10-,15-/m0/s1. The molecule has 0 radical (unpaired) electrons. The SMILES string of the molecule is C[C@H]1[C@H](NC(=O)c2ncc(-c3cccc(F)n3)o2)C2CCN1CC2. The van der Waals surface area contributed by atoms with Gasteiger partial charge in [-0.25, -0.2) is 9.97 Å². The van der Waals surface area contributed by atoms with Crippen molar-refractivity contribution in [3.8, 4) is 11.5 Å². The molecule has 5 rings (SSSR count). The van der Waals surface area contributed by atoms with Crippen molar-refractivity contribution in [3.05, 3.63) is 36.2 Å². The Labute approximate surface area is 139 Å². The highest BCUT2D eigenvalue weighted by Gasteiger charge is 2.40. The molecule has 3 aliphatic heterocycles. The number of oxazole rings is 1. The number of carbonyl (C=O) groups is 1. The highest BCUT2D eigenvalue weighted by atomic mass is 19.1. The van der Waals surface area contributed by atoms with Crippen molar-refractivity contribution in [1.29, 1.82) is 0 Å². The Balaban J connectivity index is 1.49. The van der Waals surface area contributed by atoms with Crippen molar-refractivity contribution in [1.82, 2.24) is 20.2 Å². The van der Waals surface area contributed by atoms with Crippen LogP contribution in [-0.4, -0.2) is 45.9 Å². The second-order valence-corrected chi connectivity index (χ2v) is 6.49. The third kappa shape index (κ3) is 2.69. The third-order valence-corrected chi connectivity index (χ3v) is 5.14. The summed E-state index contributed by atoms with van der Waals surface area (Å²) in [5.41, 5.74) is 0.317. The summed E-state index contributed by atoms with van der Waals surface area (Å²) < 4.78 is 18.7. The molecule has 24 heavy (non-hydrogen) atoms. The van der Waals surface area contributed by atoms with Gasteiger partial charge in [0.15, 0.2) is 5.76 Å². The van der Waals surface area contributed by atoms with Crippen molar-refractivity contribution in [2.45, 2.75) is 31.8 Å².